The topological polar surface area (TPSA) is 29.5 Å². The number of halogens is 1. The molecule has 0 fully saturated rings. The fourth-order valence-electron chi connectivity index (χ4n) is 1.72. The average molecular weight is 196 g/mol. The first-order chi connectivity index (χ1) is 6.66. The number of hydrogen-bond acceptors (Lipinski definition) is 2. The molecule has 0 bridgehead atoms. The summed E-state index contributed by atoms with van der Waals surface area (Å²) in [5.74, 6) is 0.464. The van der Waals surface area contributed by atoms with E-state index in [0.29, 0.717) is 5.75 Å². The van der Waals surface area contributed by atoms with E-state index in [4.69, 9.17) is 4.74 Å². The first-order valence-electron chi connectivity index (χ1n) is 4.80. The second kappa shape index (κ2) is 3.58. The molecule has 0 radical (unpaired) electrons. The SMILES string of the molecule is C[C@@H](O)C1CCc2cc(F)ccc2O1. The summed E-state index contributed by atoms with van der Waals surface area (Å²) in [6.07, 6.45) is 0.873. The van der Waals surface area contributed by atoms with E-state index in [2.05, 4.69) is 0 Å². The second-order valence-corrected chi connectivity index (χ2v) is 3.69. The Morgan fingerprint density at radius 3 is 3.07 bits per heavy atom. The van der Waals surface area contributed by atoms with Gasteiger partial charge in [0.1, 0.15) is 17.7 Å². The molecule has 1 heterocycles. The smallest absolute Gasteiger partial charge is 0.125 e. The molecule has 1 aliphatic heterocycles. The fraction of sp³-hybridized carbons (Fsp3) is 0.455. The lowest BCUT2D eigenvalue weighted by Crippen LogP contribution is -2.32. The maximum atomic E-state index is 12.8. The molecule has 14 heavy (non-hydrogen) atoms. The van der Waals surface area contributed by atoms with E-state index in [1.807, 2.05) is 0 Å². The van der Waals surface area contributed by atoms with Crippen LogP contribution in [0.2, 0.25) is 0 Å². The Hall–Kier alpha value is -1.09. The summed E-state index contributed by atoms with van der Waals surface area (Å²) < 4.78 is 18.4. The molecule has 0 spiro atoms. The van der Waals surface area contributed by atoms with Crippen LogP contribution in [0.1, 0.15) is 18.9 Å². The molecule has 1 N–H and O–H groups in total. The van der Waals surface area contributed by atoms with Gasteiger partial charge in [-0.15, -0.1) is 0 Å². The van der Waals surface area contributed by atoms with Gasteiger partial charge >= 0.3 is 0 Å². The van der Waals surface area contributed by atoms with Gasteiger partial charge in [-0.05, 0) is 43.5 Å². The van der Waals surface area contributed by atoms with E-state index < -0.39 is 6.10 Å². The summed E-state index contributed by atoms with van der Waals surface area (Å²) in [5, 5.41) is 9.36. The van der Waals surface area contributed by atoms with Gasteiger partial charge in [-0.2, -0.15) is 0 Å². The third-order valence-electron chi connectivity index (χ3n) is 2.54. The number of benzene rings is 1. The highest BCUT2D eigenvalue weighted by Gasteiger charge is 2.23. The molecular weight excluding hydrogens is 183 g/mol. The van der Waals surface area contributed by atoms with Crippen molar-refractivity contribution in [2.45, 2.75) is 32.0 Å². The third-order valence-corrected chi connectivity index (χ3v) is 2.54. The minimum atomic E-state index is -0.479. The molecule has 1 aliphatic rings. The van der Waals surface area contributed by atoms with Crippen LogP contribution >= 0.6 is 0 Å². The van der Waals surface area contributed by atoms with Gasteiger partial charge in [-0.3, -0.25) is 0 Å². The molecule has 0 amide bonds. The zero-order valence-electron chi connectivity index (χ0n) is 8.03. The number of aliphatic hydroxyl groups excluding tert-OH is 1. The summed E-state index contributed by atoms with van der Waals surface area (Å²) in [6.45, 7) is 1.71. The molecule has 0 aliphatic carbocycles. The van der Waals surface area contributed by atoms with Crippen LogP contribution in [0.25, 0.3) is 0 Å². The number of fused-ring (bicyclic) bond motifs is 1. The van der Waals surface area contributed by atoms with Gasteiger partial charge in [0, 0.05) is 0 Å². The highest BCUT2D eigenvalue weighted by atomic mass is 19.1. The Kier molecular flexibility index (Phi) is 2.42. The summed E-state index contributed by atoms with van der Waals surface area (Å²) >= 11 is 0. The van der Waals surface area contributed by atoms with Gasteiger partial charge in [-0.25, -0.2) is 4.39 Å². The number of ether oxygens (including phenoxy) is 1. The Morgan fingerprint density at radius 2 is 2.36 bits per heavy atom. The van der Waals surface area contributed by atoms with Crippen molar-refractivity contribution < 1.29 is 14.2 Å². The van der Waals surface area contributed by atoms with Crippen molar-refractivity contribution >= 4 is 0 Å². The zero-order chi connectivity index (χ0) is 10.1. The third kappa shape index (κ3) is 1.73. The minimum absolute atomic E-state index is 0.159. The van der Waals surface area contributed by atoms with E-state index in [-0.39, 0.29) is 11.9 Å². The molecule has 0 saturated heterocycles. The predicted molar refractivity (Wildman–Crippen MR) is 50.8 cm³/mol. The quantitative estimate of drug-likeness (QED) is 0.743. The maximum Gasteiger partial charge on any atom is 0.125 e. The van der Waals surface area contributed by atoms with Crippen LogP contribution in [0.4, 0.5) is 4.39 Å². The van der Waals surface area contributed by atoms with E-state index >= 15 is 0 Å². The van der Waals surface area contributed by atoms with Gasteiger partial charge in [0.05, 0.1) is 6.10 Å². The van der Waals surface area contributed by atoms with Crippen LogP contribution in [-0.4, -0.2) is 17.3 Å². The van der Waals surface area contributed by atoms with Crippen LogP contribution < -0.4 is 4.74 Å². The molecule has 1 aromatic carbocycles. The molecule has 2 nitrogen and oxygen atoms in total. The van der Waals surface area contributed by atoms with Crippen molar-refractivity contribution in [2.75, 3.05) is 0 Å². The molecule has 0 saturated carbocycles. The molecular formula is C11H13FO2. The number of aliphatic hydroxyl groups is 1. The monoisotopic (exact) mass is 196 g/mol. The van der Waals surface area contributed by atoms with Crippen molar-refractivity contribution in [1.82, 2.24) is 0 Å². The minimum Gasteiger partial charge on any atom is -0.487 e. The normalized spacial score (nSPS) is 22.4. The first-order valence-corrected chi connectivity index (χ1v) is 4.80. The van der Waals surface area contributed by atoms with E-state index in [1.165, 1.54) is 12.1 Å². The molecule has 3 heteroatoms. The van der Waals surface area contributed by atoms with Crippen LogP contribution in [0.3, 0.4) is 0 Å². The number of rotatable bonds is 1. The van der Waals surface area contributed by atoms with Crippen molar-refractivity contribution in [1.29, 1.82) is 0 Å². The molecule has 2 rings (SSSR count). The lowest BCUT2D eigenvalue weighted by Gasteiger charge is -2.27. The van der Waals surface area contributed by atoms with Crippen molar-refractivity contribution in [3.05, 3.63) is 29.6 Å². The summed E-state index contributed by atoms with van der Waals surface area (Å²) in [6, 6.07) is 4.50. The van der Waals surface area contributed by atoms with E-state index in [0.717, 1.165) is 18.4 Å². The summed E-state index contributed by atoms with van der Waals surface area (Å²) in [4.78, 5) is 0. The first kappa shape index (κ1) is 9.46. The van der Waals surface area contributed by atoms with Crippen molar-refractivity contribution in [3.8, 4) is 5.75 Å². The molecule has 1 aromatic rings. The maximum absolute atomic E-state index is 12.8. The molecule has 1 unspecified atom stereocenters. The zero-order valence-corrected chi connectivity index (χ0v) is 8.03. The lowest BCUT2D eigenvalue weighted by molar-refractivity contribution is 0.0356. The van der Waals surface area contributed by atoms with Gasteiger partial charge < -0.3 is 9.84 Å². The molecule has 76 valence electrons. The van der Waals surface area contributed by atoms with Crippen LogP contribution in [0.5, 0.6) is 5.75 Å². The Labute approximate surface area is 82.3 Å². The average Bonchev–Trinajstić information content (AvgIpc) is 2.16. The summed E-state index contributed by atoms with van der Waals surface area (Å²) in [5.41, 5.74) is 0.891. The largest absolute Gasteiger partial charge is 0.487 e. The highest BCUT2D eigenvalue weighted by Crippen LogP contribution is 2.29. The second-order valence-electron chi connectivity index (χ2n) is 3.69. The van der Waals surface area contributed by atoms with Crippen LogP contribution in [-0.2, 0) is 6.42 Å². The van der Waals surface area contributed by atoms with Gasteiger partial charge in [0.25, 0.3) is 0 Å². The lowest BCUT2D eigenvalue weighted by atomic mass is 10.00. The molecule has 2 atom stereocenters. The standard InChI is InChI=1S/C11H13FO2/c1-7(13)10-4-2-8-6-9(12)3-5-11(8)14-10/h3,5-7,10,13H,2,4H2,1H3/t7-,10?/m1/s1. The van der Waals surface area contributed by atoms with Gasteiger partial charge in [0.15, 0.2) is 0 Å². The van der Waals surface area contributed by atoms with Gasteiger partial charge in [-0.1, -0.05) is 0 Å². The van der Waals surface area contributed by atoms with E-state index in [9.17, 15) is 9.50 Å². The fourth-order valence-corrected chi connectivity index (χ4v) is 1.72. The summed E-state index contributed by atoms with van der Waals surface area (Å²) in [7, 11) is 0. The molecule has 0 aromatic heterocycles. The Balaban J connectivity index is 2.23. The van der Waals surface area contributed by atoms with Gasteiger partial charge in [0.2, 0.25) is 0 Å². The highest BCUT2D eigenvalue weighted by molar-refractivity contribution is 5.35. The number of hydrogen-bond donors (Lipinski definition) is 1. The Bertz CT molecular complexity index is 336. The predicted octanol–water partition coefficient (Wildman–Crippen LogP) is 1.90. The van der Waals surface area contributed by atoms with Crippen LogP contribution in [0, 0.1) is 5.82 Å². The van der Waals surface area contributed by atoms with Crippen LogP contribution in [0.15, 0.2) is 18.2 Å². The Morgan fingerprint density at radius 1 is 1.57 bits per heavy atom. The number of aryl methyl sites for hydroxylation is 1. The van der Waals surface area contributed by atoms with Crippen molar-refractivity contribution in [2.24, 2.45) is 0 Å². The van der Waals surface area contributed by atoms with E-state index in [1.54, 1.807) is 13.0 Å². The van der Waals surface area contributed by atoms with Crippen molar-refractivity contribution in [3.63, 3.8) is 0 Å².